The molecule has 0 aliphatic heterocycles. The maximum Gasteiger partial charge on any atom is 0.335 e. The van der Waals surface area contributed by atoms with Gasteiger partial charge in [-0.3, -0.25) is 0 Å². The van der Waals surface area contributed by atoms with Crippen molar-refractivity contribution in [3.05, 3.63) is 54.9 Å². The summed E-state index contributed by atoms with van der Waals surface area (Å²) in [5.41, 5.74) is 0.105. The van der Waals surface area contributed by atoms with E-state index in [0.29, 0.717) is 30.5 Å². The topological polar surface area (TPSA) is 46.5 Å². The molecule has 0 spiro atoms. The van der Waals surface area contributed by atoms with Crippen LogP contribution in [0, 0.1) is 0 Å². The first kappa shape index (κ1) is 15.6. The fourth-order valence-corrected chi connectivity index (χ4v) is 2.76. The van der Waals surface area contributed by atoms with E-state index in [9.17, 15) is 4.79 Å². The lowest BCUT2D eigenvalue weighted by molar-refractivity contribution is 0.0696. The summed E-state index contributed by atoms with van der Waals surface area (Å²) in [6.45, 7) is 0. The number of carboxylic acids is 1. The largest absolute Gasteiger partial charge is 0.478 e. The maximum absolute atomic E-state index is 11.0. The van der Waals surface area contributed by atoms with E-state index in [-0.39, 0.29) is 5.56 Å². The van der Waals surface area contributed by atoms with Gasteiger partial charge in [0.2, 0.25) is 0 Å². The van der Waals surface area contributed by atoms with Gasteiger partial charge in [0.25, 0.3) is 0 Å². The molecule has 2 aromatic rings. The number of ether oxygens (including phenoxy) is 1. The number of halogens is 4. The van der Waals surface area contributed by atoms with Gasteiger partial charge in [-0.15, -0.1) is 0 Å². The molecule has 0 bridgehead atoms. The number of aromatic carboxylic acids is 1. The molecule has 2 rings (SSSR count). The number of benzene rings is 2. The Balaban J connectivity index is 2.40. The van der Waals surface area contributed by atoms with Gasteiger partial charge >= 0.3 is 5.97 Å². The van der Waals surface area contributed by atoms with Gasteiger partial charge in [-0.1, -0.05) is 39.1 Å². The molecule has 0 aliphatic rings. The molecular weight excluding hydrogens is 435 g/mol. The molecule has 0 amide bonds. The van der Waals surface area contributed by atoms with Crippen molar-refractivity contribution >= 4 is 61.0 Å². The summed E-state index contributed by atoms with van der Waals surface area (Å²) in [4.78, 5) is 11.0. The molecule has 0 unspecified atom stereocenters. The van der Waals surface area contributed by atoms with Gasteiger partial charge in [0, 0.05) is 15.0 Å². The Morgan fingerprint density at radius 3 is 2.40 bits per heavy atom. The van der Waals surface area contributed by atoms with Crippen LogP contribution in [0.5, 0.6) is 11.5 Å². The maximum atomic E-state index is 11.0. The molecule has 0 heterocycles. The highest BCUT2D eigenvalue weighted by Crippen LogP contribution is 2.37. The number of rotatable bonds is 3. The smallest absolute Gasteiger partial charge is 0.335 e. The summed E-state index contributed by atoms with van der Waals surface area (Å²) >= 11 is 18.5. The second-order valence-corrected chi connectivity index (χ2v) is 6.36. The third-order valence-electron chi connectivity index (χ3n) is 2.32. The zero-order chi connectivity index (χ0) is 14.9. The average molecular weight is 441 g/mol. The van der Waals surface area contributed by atoms with Crippen molar-refractivity contribution in [2.24, 2.45) is 0 Å². The lowest BCUT2D eigenvalue weighted by atomic mass is 10.2. The van der Waals surface area contributed by atoms with Crippen LogP contribution in [0.25, 0.3) is 0 Å². The van der Waals surface area contributed by atoms with E-state index in [2.05, 4.69) is 31.9 Å². The van der Waals surface area contributed by atoms with Crippen molar-refractivity contribution < 1.29 is 14.6 Å². The molecule has 0 aromatic heterocycles. The van der Waals surface area contributed by atoms with Crippen molar-refractivity contribution in [1.82, 2.24) is 0 Å². The Labute approximate surface area is 141 Å². The summed E-state index contributed by atoms with van der Waals surface area (Å²) in [6.07, 6.45) is 0. The van der Waals surface area contributed by atoms with E-state index in [4.69, 9.17) is 33.0 Å². The summed E-state index contributed by atoms with van der Waals surface area (Å²) in [7, 11) is 0. The molecule has 7 heteroatoms. The van der Waals surface area contributed by atoms with Gasteiger partial charge in [0.05, 0.1) is 15.6 Å². The zero-order valence-electron chi connectivity index (χ0n) is 9.66. The Kier molecular flexibility index (Phi) is 4.96. The lowest BCUT2D eigenvalue weighted by Gasteiger charge is -2.10. The van der Waals surface area contributed by atoms with Crippen LogP contribution in [-0.4, -0.2) is 11.1 Å². The molecule has 2 aromatic carbocycles. The van der Waals surface area contributed by atoms with Crippen molar-refractivity contribution in [3.63, 3.8) is 0 Å². The monoisotopic (exact) mass is 438 g/mol. The minimum atomic E-state index is -1.05. The molecule has 0 saturated heterocycles. The van der Waals surface area contributed by atoms with E-state index in [1.54, 1.807) is 18.2 Å². The molecule has 0 aliphatic carbocycles. The van der Waals surface area contributed by atoms with Gasteiger partial charge in [-0.25, -0.2) is 4.79 Å². The van der Waals surface area contributed by atoms with Crippen LogP contribution < -0.4 is 4.74 Å². The van der Waals surface area contributed by atoms with Crippen molar-refractivity contribution in [1.29, 1.82) is 0 Å². The summed E-state index contributed by atoms with van der Waals surface area (Å²) in [5.74, 6) is -0.359. The predicted molar refractivity (Wildman–Crippen MR) is 85.3 cm³/mol. The summed E-state index contributed by atoms with van der Waals surface area (Å²) < 4.78 is 6.83. The van der Waals surface area contributed by atoms with Gasteiger partial charge < -0.3 is 9.84 Å². The first-order chi connectivity index (χ1) is 9.36. The molecule has 0 saturated carbocycles. The van der Waals surface area contributed by atoms with Gasteiger partial charge in [0.15, 0.2) is 0 Å². The molecule has 0 radical (unpaired) electrons. The highest BCUT2D eigenvalue weighted by molar-refractivity contribution is 9.10. The minimum absolute atomic E-state index is 0.105. The van der Waals surface area contributed by atoms with E-state index in [1.807, 2.05) is 0 Å². The standard InChI is InChI=1S/C13H6Br2Cl2O3/c14-7-1-6(13(18)19)2-8(3-7)20-12-5-10(16)9(15)4-11(12)17/h1-5H,(H,18,19). The van der Waals surface area contributed by atoms with Gasteiger partial charge in [-0.05, 0) is 40.2 Å². The van der Waals surface area contributed by atoms with E-state index in [1.165, 1.54) is 12.1 Å². The number of carbonyl (C=O) groups is 1. The SMILES string of the molecule is O=C(O)c1cc(Br)cc(Oc2cc(Cl)c(Br)cc2Cl)c1. The number of hydrogen-bond acceptors (Lipinski definition) is 2. The number of hydrogen-bond donors (Lipinski definition) is 1. The molecule has 0 fully saturated rings. The van der Waals surface area contributed by atoms with Crippen LogP contribution in [0.4, 0.5) is 0 Å². The molecular formula is C13H6Br2Cl2O3. The van der Waals surface area contributed by atoms with E-state index < -0.39 is 5.97 Å². The van der Waals surface area contributed by atoms with Crippen molar-refractivity contribution in [3.8, 4) is 11.5 Å². The summed E-state index contributed by atoms with van der Waals surface area (Å²) in [5, 5.41) is 9.81. The van der Waals surface area contributed by atoms with Crippen LogP contribution in [0.1, 0.15) is 10.4 Å². The fraction of sp³-hybridized carbons (Fsp3) is 0. The predicted octanol–water partition coefficient (Wildman–Crippen LogP) is 6.01. The normalized spacial score (nSPS) is 10.4. The fourth-order valence-electron chi connectivity index (χ4n) is 1.45. The molecule has 104 valence electrons. The second kappa shape index (κ2) is 6.35. The van der Waals surface area contributed by atoms with Crippen LogP contribution in [0.2, 0.25) is 10.0 Å². The zero-order valence-corrected chi connectivity index (χ0v) is 14.3. The average Bonchev–Trinajstić information content (AvgIpc) is 2.35. The van der Waals surface area contributed by atoms with Crippen LogP contribution in [0.15, 0.2) is 39.3 Å². The van der Waals surface area contributed by atoms with E-state index >= 15 is 0 Å². The first-order valence-corrected chi connectivity index (χ1v) is 7.57. The third kappa shape index (κ3) is 3.67. The summed E-state index contributed by atoms with van der Waals surface area (Å²) in [6, 6.07) is 7.67. The lowest BCUT2D eigenvalue weighted by Crippen LogP contribution is -1.97. The third-order valence-corrected chi connectivity index (χ3v) is 4.27. The highest BCUT2D eigenvalue weighted by atomic mass is 79.9. The number of carboxylic acid groups (broad SMARTS) is 1. The highest BCUT2D eigenvalue weighted by Gasteiger charge is 2.11. The van der Waals surface area contributed by atoms with Gasteiger partial charge in [0.1, 0.15) is 11.5 Å². The quantitative estimate of drug-likeness (QED) is 0.594. The second-order valence-electron chi connectivity index (χ2n) is 3.78. The van der Waals surface area contributed by atoms with Crippen LogP contribution in [0.3, 0.4) is 0 Å². The van der Waals surface area contributed by atoms with Gasteiger partial charge in [-0.2, -0.15) is 0 Å². The van der Waals surface area contributed by atoms with Crippen molar-refractivity contribution in [2.45, 2.75) is 0 Å². The minimum Gasteiger partial charge on any atom is -0.478 e. The molecule has 0 atom stereocenters. The Morgan fingerprint density at radius 2 is 1.75 bits per heavy atom. The Hall–Kier alpha value is -0.750. The van der Waals surface area contributed by atoms with Crippen LogP contribution in [-0.2, 0) is 0 Å². The van der Waals surface area contributed by atoms with Crippen molar-refractivity contribution in [2.75, 3.05) is 0 Å². The molecule has 3 nitrogen and oxygen atoms in total. The first-order valence-electron chi connectivity index (χ1n) is 5.23. The Bertz CT molecular complexity index is 690. The van der Waals surface area contributed by atoms with Crippen LogP contribution >= 0.6 is 55.1 Å². The molecule has 1 N–H and O–H groups in total. The van der Waals surface area contributed by atoms with E-state index in [0.717, 1.165) is 0 Å². The Morgan fingerprint density at radius 1 is 1.05 bits per heavy atom. The molecule has 20 heavy (non-hydrogen) atoms.